The molecule has 0 aliphatic carbocycles. The van der Waals surface area contributed by atoms with Gasteiger partial charge in [0.2, 0.25) is 0 Å². The Morgan fingerprint density at radius 1 is 1.09 bits per heavy atom. The first-order chi connectivity index (χ1) is 10.6. The Bertz CT molecular complexity index is 666. The van der Waals surface area contributed by atoms with Crippen molar-refractivity contribution in [1.82, 2.24) is 4.90 Å². The highest BCUT2D eigenvalue weighted by Crippen LogP contribution is 2.29. The van der Waals surface area contributed by atoms with Crippen molar-refractivity contribution in [2.75, 3.05) is 13.1 Å². The summed E-state index contributed by atoms with van der Waals surface area (Å²) in [5.74, 6) is 0.145. The van der Waals surface area contributed by atoms with E-state index in [-0.39, 0.29) is 11.7 Å². The second-order valence-corrected chi connectivity index (χ2v) is 6.46. The van der Waals surface area contributed by atoms with Crippen molar-refractivity contribution in [1.29, 1.82) is 0 Å². The number of rotatable bonds is 2. The Morgan fingerprint density at radius 3 is 2.41 bits per heavy atom. The van der Waals surface area contributed by atoms with E-state index in [0.29, 0.717) is 16.0 Å². The standard InChI is InChI=1S/C18H17BrFNO/c19-17-12-15(20)6-7-16(17)18(22)21-10-8-14(9-11-21)13-4-2-1-3-5-13/h1-7,12,14H,8-11H2. The van der Waals surface area contributed by atoms with Gasteiger partial charge in [0, 0.05) is 17.6 Å². The molecule has 0 saturated carbocycles. The Morgan fingerprint density at radius 2 is 1.77 bits per heavy atom. The predicted octanol–water partition coefficient (Wildman–Crippen LogP) is 4.61. The van der Waals surface area contributed by atoms with E-state index in [1.165, 1.54) is 17.7 Å². The highest BCUT2D eigenvalue weighted by atomic mass is 79.9. The number of halogens is 2. The number of piperidine rings is 1. The molecular formula is C18H17BrFNO. The third kappa shape index (κ3) is 3.22. The zero-order valence-electron chi connectivity index (χ0n) is 12.1. The lowest BCUT2D eigenvalue weighted by molar-refractivity contribution is 0.0712. The van der Waals surface area contributed by atoms with Gasteiger partial charge in [-0.2, -0.15) is 0 Å². The van der Waals surface area contributed by atoms with Crippen molar-refractivity contribution in [2.45, 2.75) is 18.8 Å². The molecule has 0 unspecified atom stereocenters. The van der Waals surface area contributed by atoms with Gasteiger partial charge in [0.15, 0.2) is 0 Å². The van der Waals surface area contributed by atoms with E-state index >= 15 is 0 Å². The van der Waals surface area contributed by atoms with E-state index in [4.69, 9.17) is 0 Å². The first-order valence-corrected chi connectivity index (χ1v) is 8.24. The fourth-order valence-corrected chi connectivity index (χ4v) is 3.49. The van der Waals surface area contributed by atoms with Crippen LogP contribution in [0.15, 0.2) is 53.0 Å². The highest BCUT2D eigenvalue weighted by Gasteiger charge is 2.25. The van der Waals surface area contributed by atoms with Gasteiger partial charge in [0.1, 0.15) is 5.82 Å². The number of hydrogen-bond acceptors (Lipinski definition) is 1. The van der Waals surface area contributed by atoms with Crippen LogP contribution in [0.25, 0.3) is 0 Å². The van der Waals surface area contributed by atoms with Gasteiger partial charge in [-0.3, -0.25) is 4.79 Å². The Balaban J connectivity index is 1.67. The molecule has 0 spiro atoms. The molecule has 1 saturated heterocycles. The number of likely N-dealkylation sites (tertiary alicyclic amines) is 1. The van der Waals surface area contributed by atoms with Crippen molar-refractivity contribution in [3.8, 4) is 0 Å². The minimum atomic E-state index is -0.341. The summed E-state index contributed by atoms with van der Waals surface area (Å²) in [4.78, 5) is 14.4. The zero-order chi connectivity index (χ0) is 15.5. The van der Waals surface area contributed by atoms with Gasteiger partial charge in [0.05, 0.1) is 5.56 Å². The van der Waals surface area contributed by atoms with Crippen molar-refractivity contribution in [3.63, 3.8) is 0 Å². The number of benzene rings is 2. The maximum Gasteiger partial charge on any atom is 0.255 e. The summed E-state index contributed by atoms with van der Waals surface area (Å²) in [6.07, 6.45) is 1.93. The minimum Gasteiger partial charge on any atom is -0.339 e. The molecule has 1 heterocycles. The number of nitrogens with zero attached hydrogens (tertiary/aromatic N) is 1. The Kier molecular flexibility index (Phi) is 4.57. The maximum atomic E-state index is 13.1. The monoisotopic (exact) mass is 361 g/mol. The van der Waals surface area contributed by atoms with Crippen molar-refractivity contribution in [3.05, 3.63) is 69.9 Å². The maximum absolute atomic E-state index is 13.1. The van der Waals surface area contributed by atoms with Gasteiger partial charge in [-0.1, -0.05) is 30.3 Å². The molecule has 0 aromatic heterocycles. The fourth-order valence-electron chi connectivity index (χ4n) is 2.97. The van der Waals surface area contributed by atoms with Crippen LogP contribution in [0.4, 0.5) is 4.39 Å². The molecular weight excluding hydrogens is 345 g/mol. The molecule has 1 aliphatic rings. The van der Waals surface area contributed by atoms with E-state index in [0.717, 1.165) is 25.9 Å². The van der Waals surface area contributed by atoms with Gasteiger partial charge in [-0.15, -0.1) is 0 Å². The number of carbonyl (C=O) groups is 1. The van der Waals surface area contributed by atoms with Crippen LogP contribution in [-0.2, 0) is 0 Å². The van der Waals surface area contributed by atoms with E-state index in [1.54, 1.807) is 6.07 Å². The normalized spacial score (nSPS) is 15.8. The summed E-state index contributed by atoms with van der Waals surface area (Å²) in [7, 11) is 0. The van der Waals surface area contributed by atoms with Crippen LogP contribution in [0.1, 0.15) is 34.7 Å². The summed E-state index contributed by atoms with van der Waals surface area (Å²) in [6, 6.07) is 14.7. The van der Waals surface area contributed by atoms with Crippen LogP contribution in [0.3, 0.4) is 0 Å². The first kappa shape index (κ1) is 15.2. The fraction of sp³-hybridized carbons (Fsp3) is 0.278. The van der Waals surface area contributed by atoms with Gasteiger partial charge >= 0.3 is 0 Å². The summed E-state index contributed by atoms with van der Waals surface area (Å²) in [5, 5.41) is 0. The lowest BCUT2D eigenvalue weighted by Crippen LogP contribution is -2.38. The largest absolute Gasteiger partial charge is 0.339 e. The molecule has 0 N–H and O–H groups in total. The van der Waals surface area contributed by atoms with Crippen LogP contribution in [0.2, 0.25) is 0 Å². The van der Waals surface area contributed by atoms with E-state index in [1.807, 2.05) is 11.0 Å². The van der Waals surface area contributed by atoms with E-state index < -0.39 is 0 Å². The van der Waals surface area contributed by atoms with Crippen molar-refractivity contribution >= 4 is 21.8 Å². The molecule has 2 aromatic rings. The summed E-state index contributed by atoms with van der Waals surface area (Å²) >= 11 is 3.28. The molecule has 0 atom stereocenters. The van der Waals surface area contributed by atoms with Gasteiger partial charge < -0.3 is 4.90 Å². The van der Waals surface area contributed by atoms with Crippen LogP contribution in [0.5, 0.6) is 0 Å². The summed E-state index contributed by atoms with van der Waals surface area (Å²) in [6.45, 7) is 1.48. The topological polar surface area (TPSA) is 20.3 Å². The second kappa shape index (κ2) is 6.61. The average Bonchev–Trinajstić information content (AvgIpc) is 2.55. The van der Waals surface area contributed by atoms with Crippen molar-refractivity contribution < 1.29 is 9.18 Å². The molecule has 4 heteroatoms. The summed E-state index contributed by atoms with van der Waals surface area (Å²) < 4.78 is 13.7. The molecule has 3 rings (SSSR count). The second-order valence-electron chi connectivity index (χ2n) is 5.60. The number of carbonyl (C=O) groups excluding carboxylic acids is 1. The third-order valence-corrected chi connectivity index (χ3v) is 4.87. The average molecular weight is 362 g/mol. The minimum absolute atomic E-state index is 0.0293. The van der Waals surface area contributed by atoms with Crippen LogP contribution in [0, 0.1) is 5.82 Å². The van der Waals surface area contributed by atoms with Crippen LogP contribution in [-0.4, -0.2) is 23.9 Å². The Hall–Kier alpha value is -1.68. The lowest BCUT2D eigenvalue weighted by atomic mass is 9.89. The van der Waals surface area contributed by atoms with Gasteiger partial charge in [-0.05, 0) is 58.5 Å². The third-order valence-electron chi connectivity index (χ3n) is 4.21. The van der Waals surface area contributed by atoms with Crippen LogP contribution < -0.4 is 0 Å². The lowest BCUT2D eigenvalue weighted by Gasteiger charge is -2.32. The highest BCUT2D eigenvalue weighted by molar-refractivity contribution is 9.10. The molecule has 114 valence electrons. The van der Waals surface area contributed by atoms with Crippen molar-refractivity contribution in [2.24, 2.45) is 0 Å². The molecule has 0 radical (unpaired) electrons. The van der Waals surface area contributed by atoms with Crippen LogP contribution >= 0.6 is 15.9 Å². The molecule has 1 amide bonds. The molecule has 1 aliphatic heterocycles. The van der Waals surface area contributed by atoms with E-state index in [2.05, 4.69) is 40.2 Å². The molecule has 2 nitrogen and oxygen atoms in total. The Labute approximate surface area is 138 Å². The number of hydrogen-bond donors (Lipinski definition) is 0. The first-order valence-electron chi connectivity index (χ1n) is 7.44. The van der Waals surface area contributed by atoms with Gasteiger partial charge in [0.25, 0.3) is 5.91 Å². The molecule has 2 aromatic carbocycles. The van der Waals surface area contributed by atoms with E-state index in [9.17, 15) is 9.18 Å². The zero-order valence-corrected chi connectivity index (χ0v) is 13.7. The summed E-state index contributed by atoms with van der Waals surface area (Å²) in [5.41, 5.74) is 1.87. The molecule has 1 fully saturated rings. The predicted molar refractivity (Wildman–Crippen MR) is 88.4 cm³/mol. The smallest absolute Gasteiger partial charge is 0.255 e. The molecule has 22 heavy (non-hydrogen) atoms. The SMILES string of the molecule is O=C(c1ccc(F)cc1Br)N1CCC(c2ccccc2)CC1. The number of amides is 1. The molecule has 0 bridgehead atoms. The van der Waals surface area contributed by atoms with Gasteiger partial charge in [-0.25, -0.2) is 4.39 Å². The quantitative estimate of drug-likeness (QED) is 0.764.